The maximum atomic E-state index is 8.71. The van der Waals surface area contributed by atoms with Gasteiger partial charge in [0.05, 0.1) is 5.56 Å². The monoisotopic (exact) mass is 260 g/mol. The molecule has 0 fully saturated rings. The molecule has 0 aliphatic carbocycles. The van der Waals surface area contributed by atoms with Crippen LogP contribution in [0.5, 0.6) is 0 Å². The van der Waals surface area contributed by atoms with Gasteiger partial charge in [0.15, 0.2) is 0 Å². The first kappa shape index (κ1) is 10.0. The molecule has 0 saturated carbocycles. The first-order valence-electron chi connectivity index (χ1n) is 4.57. The van der Waals surface area contributed by atoms with Gasteiger partial charge in [0, 0.05) is 23.4 Å². The molecule has 2 aromatic rings. The molecular formula is C12H9BrN2. The zero-order valence-electron chi connectivity index (χ0n) is 8.02. The van der Waals surface area contributed by atoms with Gasteiger partial charge in [-0.15, -0.1) is 0 Å². The summed E-state index contributed by atoms with van der Waals surface area (Å²) in [7, 11) is 0. The summed E-state index contributed by atoms with van der Waals surface area (Å²) in [6.45, 7) is 0. The second-order valence-corrected chi connectivity index (χ2v) is 3.78. The van der Waals surface area contributed by atoms with Crippen molar-refractivity contribution in [3.8, 4) is 11.8 Å². The molecule has 1 aromatic heterocycles. The fourth-order valence-electron chi connectivity index (χ4n) is 1.38. The number of alkyl halides is 1. The Morgan fingerprint density at radius 2 is 1.93 bits per heavy atom. The van der Waals surface area contributed by atoms with Crippen LogP contribution < -0.4 is 0 Å². The number of hydrogen-bond acceptors (Lipinski definition) is 1. The Morgan fingerprint density at radius 1 is 1.20 bits per heavy atom. The normalized spacial score (nSPS) is 9.87. The number of nitrogens with zero attached hydrogens (tertiary/aromatic N) is 2. The van der Waals surface area contributed by atoms with Gasteiger partial charge >= 0.3 is 0 Å². The molecule has 0 amide bonds. The SMILES string of the molecule is N#Cc1ccn(-c2ccc(CBr)cc2)c1. The molecule has 0 spiro atoms. The van der Waals surface area contributed by atoms with Crippen molar-refractivity contribution in [1.82, 2.24) is 4.57 Å². The largest absolute Gasteiger partial charge is 0.323 e. The fourth-order valence-corrected chi connectivity index (χ4v) is 1.75. The molecule has 0 atom stereocenters. The molecule has 1 heterocycles. The Morgan fingerprint density at radius 3 is 2.47 bits per heavy atom. The summed E-state index contributed by atoms with van der Waals surface area (Å²) in [5.41, 5.74) is 2.99. The smallest absolute Gasteiger partial charge is 0.101 e. The van der Waals surface area contributed by atoms with Gasteiger partial charge in [-0.2, -0.15) is 5.26 Å². The quantitative estimate of drug-likeness (QED) is 0.763. The number of aromatic nitrogens is 1. The van der Waals surface area contributed by atoms with Crippen LogP contribution in [0.1, 0.15) is 11.1 Å². The van der Waals surface area contributed by atoms with E-state index in [-0.39, 0.29) is 0 Å². The Hall–Kier alpha value is -1.53. The van der Waals surface area contributed by atoms with Crippen LogP contribution >= 0.6 is 15.9 Å². The van der Waals surface area contributed by atoms with Crippen molar-refractivity contribution in [3.63, 3.8) is 0 Å². The van der Waals surface area contributed by atoms with Crippen LogP contribution in [0, 0.1) is 11.3 Å². The van der Waals surface area contributed by atoms with Gasteiger partial charge in [-0.25, -0.2) is 0 Å². The minimum atomic E-state index is 0.680. The summed E-state index contributed by atoms with van der Waals surface area (Å²) in [4.78, 5) is 0. The molecule has 2 nitrogen and oxygen atoms in total. The highest BCUT2D eigenvalue weighted by molar-refractivity contribution is 9.08. The van der Waals surface area contributed by atoms with Crippen LogP contribution in [0.4, 0.5) is 0 Å². The number of rotatable bonds is 2. The summed E-state index contributed by atoms with van der Waals surface area (Å²) in [6, 6.07) is 12.1. The summed E-state index contributed by atoms with van der Waals surface area (Å²) >= 11 is 3.40. The number of halogens is 1. The predicted octanol–water partition coefficient (Wildman–Crippen LogP) is 3.24. The Balaban J connectivity index is 2.33. The van der Waals surface area contributed by atoms with E-state index in [0.29, 0.717) is 5.56 Å². The van der Waals surface area contributed by atoms with Crippen molar-refractivity contribution in [2.24, 2.45) is 0 Å². The van der Waals surface area contributed by atoms with E-state index in [0.717, 1.165) is 11.0 Å². The number of hydrogen-bond donors (Lipinski definition) is 0. The third kappa shape index (κ3) is 2.11. The summed E-state index contributed by atoms with van der Waals surface area (Å²) in [5, 5.41) is 9.57. The van der Waals surface area contributed by atoms with Gasteiger partial charge in [-0.05, 0) is 23.8 Å². The van der Waals surface area contributed by atoms with Gasteiger partial charge in [0.2, 0.25) is 0 Å². The summed E-state index contributed by atoms with van der Waals surface area (Å²) in [5.74, 6) is 0. The molecule has 0 radical (unpaired) electrons. The van der Waals surface area contributed by atoms with Crippen LogP contribution in [-0.2, 0) is 5.33 Å². The van der Waals surface area contributed by atoms with Crippen LogP contribution in [0.2, 0.25) is 0 Å². The average Bonchev–Trinajstić information content (AvgIpc) is 2.78. The second kappa shape index (κ2) is 4.33. The minimum Gasteiger partial charge on any atom is -0.323 e. The lowest BCUT2D eigenvalue weighted by Gasteiger charge is -2.02. The molecule has 1 aromatic carbocycles. The Labute approximate surface area is 96.9 Å². The average molecular weight is 261 g/mol. The van der Waals surface area contributed by atoms with Crippen molar-refractivity contribution < 1.29 is 0 Å². The van der Waals surface area contributed by atoms with E-state index in [2.05, 4.69) is 34.1 Å². The molecule has 2 rings (SSSR count). The Bertz CT molecular complexity index is 491. The minimum absolute atomic E-state index is 0.680. The van der Waals surface area contributed by atoms with Crippen LogP contribution in [-0.4, -0.2) is 4.57 Å². The zero-order chi connectivity index (χ0) is 10.7. The molecule has 0 N–H and O–H groups in total. The van der Waals surface area contributed by atoms with E-state index >= 15 is 0 Å². The van der Waals surface area contributed by atoms with Gasteiger partial charge in [-0.1, -0.05) is 28.1 Å². The van der Waals surface area contributed by atoms with E-state index in [4.69, 9.17) is 5.26 Å². The lowest BCUT2D eigenvalue weighted by molar-refractivity contribution is 1.08. The maximum Gasteiger partial charge on any atom is 0.101 e. The highest BCUT2D eigenvalue weighted by Crippen LogP contribution is 2.13. The van der Waals surface area contributed by atoms with Crippen LogP contribution in [0.15, 0.2) is 42.7 Å². The van der Waals surface area contributed by atoms with Gasteiger partial charge in [0.1, 0.15) is 6.07 Å². The van der Waals surface area contributed by atoms with E-state index < -0.39 is 0 Å². The van der Waals surface area contributed by atoms with Crippen molar-refractivity contribution >= 4 is 15.9 Å². The van der Waals surface area contributed by atoms with Crippen molar-refractivity contribution in [1.29, 1.82) is 5.26 Å². The van der Waals surface area contributed by atoms with E-state index in [1.807, 2.05) is 29.1 Å². The van der Waals surface area contributed by atoms with E-state index in [1.54, 1.807) is 6.07 Å². The molecule has 3 heteroatoms. The highest BCUT2D eigenvalue weighted by Gasteiger charge is 1.98. The number of benzene rings is 1. The molecule has 0 unspecified atom stereocenters. The molecule has 0 bridgehead atoms. The van der Waals surface area contributed by atoms with Gasteiger partial charge in [-0.3, -0.25) is 0 Å². The Kier molecular flexibility index (Phi) is 2.89. The highest BCUT2D eigenvalue weighted by atomic mass is 79.9. The standard InChI is InChI=1S/C12H9BrN2/c13-7-10-1-3-12(4-2-10)15-6-5-11(8-14)9-15/h1-6,9H,7H2. The maximum absolute atomic E-state index is 8.71. The topological polar surface area (TPSA) is 28.7 Å². The number of nitriles is 1. The third-order valence-corrected chi connectivity index (χ3v) is 2.86. The lowest BCUT2D eigenvalue weighted by atomic mass is 10.2. The van der Waals surface area contributed by atoms with Crippen LogP contribution in [0.25, 0.3) is 5.69 Å². The molecule has 74 valence electrons. The molecular weight excluding hydrogens is 252 g/mol. The molecule has 15 heavy (non-hydrogen) atoms. The van der Waals surface area contributed by atoms with Crippen molar-refractivity contribution in [3.05, 3.63) is 53.9 Å². The summed E-state index contributed by atoms with van der Waals surface area (Å²) < 4.78 is 1.94. The molecule has 0 saturated heterocycles. The summed E-state index contributed by atoms with van der Waals surface area (Å²) in [6.07, 6.45) is 3.71. The van der Waals surface area contributed by atoms with E-state index in [1.165, 1.54) is 5.56 Å². The molecule has 0 aliphatic heterocycles. The van der Waals surface area contributed by atoms with E-state index in [9.17, 15) is 0 Å². The van der Waals surface area contributed by atoms with Gasteiger partial charge in [0.25, 0.3) is 0 Å². The predicted molar refractivity (Wildman–Crippen MR) is 63.1 cm³/mol. The zero-order valence-corrected chi connectivity index (χ0v) is 9.61. The fraction of sp³-hybridized carbons (Fsp3) is 0.0833. The molecule has 0 aliphatic rings. The third-order valence-electron chi connectivity index (χ3n) is 2.21. The van der Waals surface area contributed by atoms with Crippen molar-refractivity contribution in [2.75, 3.05) is 0 Å². The van der Waals surface area contributed by atoms with Crippen molar-refractivity contribution in [2.45, 2.75) is 5.33 Å². The first-order chi connectivity index (χ1) is 7.33. The van der Waals surface area contributed by atoms with Crippen LogP contribution in [0.3, 0.4) is 0 Å². The first-order valence-corrected chi connectivity index (χ1v) is 5.69. The lowest BCUT2D eigenvalue weighted by Crippen LogP contribution is -1.89. The second-order valence-electron chi connectivity index (χ2n) is 3.22. The van der Waals surface area contributed by atoms with Gasteiger partial charge < -0.3 is 4.57 Å².